The smallest absolute Gasteiger partial charge is 0.189 e. The van der Waals surface area contributed by atoms with Gasteiger partial charge in [-0.2, -0.15) is 0 Å². The van der Waals surface area contributed by atoms with Crippen LogP contribution in [0.15, 0.2) is 23.3 Å². The Kier molecular flexibility index (Phi) is 4.49. The van der Waals surface area contributed by atoms with E-state index in [1.807, 2.05) is 33.0 Å². The van der Waals surface area contributed by atoms with Gasteiger partial charge in [-0.05, 0) is 44.9 Å². The summed E-state index contributed by atoms with van der Waals surface area (Å²) in [4.78, 5) is 8.54. The molecule has 0 aromatic carbocycles. The Hall–Kier alpha value is -1.58. The highest BCUT2D eigenvalue weighted by Crippen LogP contribution is 2.04. The fourth-order valence-corrected chi connectivity index (χ4v) is 1.42. The molecule has 0 radical (unpaired) electrons. The fourth-order valence-electron chi connectivity index (χ4n) is 1.42. The van der Waals surface area contributed by atoms with Crippen molar-refractivity contribution < 1.29 is 0 Å². The molecule has 1 rings (SSSR count). The fraction of sp³-hybridized carbons (Fsp3) is 0.538. The number of nitrogens with zero attached hydrogens (tertiary/aromatic N) is 2. The summed E-state index contributed by atoms with van der Waals surface area (Å²) in [5, 5.41) is 3.12. The zero-order valence-corrected chi connectivity index (χ0v) is 11.1. The minimum Gasteiger partial charge on any atom is -0.370 e. The van der Waals surface area contributed by atoms with Crippen molar-refractivity contribution >= 4 is 5.96 Å². The van der Waals surface area contributed by atoms with Crippen LogP contribution in [0.1, 0.15) is 39.0 Å². The highest BCUT2D eigenvalue weighted by molar-refractivity contribution is 5.78. The third kappa shape index (κ3) is 5.33. The van der Waals surface area contributed by atoms with Gasteiger partial charge in [-0.1, -0.05) is 6.92 Å². The van der Waals surface area contributed by atoms with Crippen molar-refractivity contribution in [1.82, 2.24) is 10.3 Å². The first-order chi connectivity index (χ1) is 7.90. The topological polar surface area (TPSA) is 63.3 Å². The lowest BCUT2D eigenvalue weighted by molar-refractivity contribution is 0.508. The number of aromatic nitrogens is 1. The number of nitrogens with one attached hydrogen (secondary N) is 1. The Bertz CT molecular complexity index is 391. The largest absolute Gasteiger partial charge is 0.370 e. The molecule has 3 N–H and O–H groups in total. The predicted molar refractivity (Wildman–Crippen MR) is 71.8 cm³/mol. The zero-order valence-electron chi connectivity index (χ0n) is 11.1. The lowest BCUT2D eigenvalue weighted by atomic mass is 10.1. The molecule has 0 bridgehead atoms. The Morgan fingerprint density at radius 3 is 2.76 bits per heavy atom. The molecule has 17 heavy (non-hydrogen) atoms. The van der Waals surface area contributed by atoms with E-state index >= 15 is 0 Å². The summed E-state index contributed by atoms with van der Waals surface area (Å²) >= 11 is 0. The van der Waals surface area contributed by atoms with Crippen molar-refractivity contribution in [1.29, 1.82) is 0 Å². The molecule has 0 aliphatic heterocycles. The Labute approximate surface area is 103 Å². The first kappa shape index (κ1) is 13.5. The second-order valence-electron chi connectivity index (χ2n) is 5.09. The maximum atomic E-state index is 5.79. The molecule has 0 amide bonds. The SMILES string of the molecule is CCc1ccnc(CN=C(N)NC(C)(C)C)c1. The quantitative estimate of drug-likeness (QED) is 0.619. The van der Waals surface area contributed by atoms with Crippen molar-refractivity contribution in [2.24, 2.45) is 10.7 Å². The number of nitrogens with two attached hydrogens (primary N) is 1. The molecule has 0 aliphatic carbocycles. The van der Waals surface area contributed by atoms with Crippen molar-refractivity contribution in [2.45, 2.75) is 46.2 Å². The van der Waals surface area contributed by atoms with E-state index in [0.29, 0.717) is 12.5 Å². The van der Waals surface area contributed by atoms with E-state index in [1.54, 1.807) is 0 Å². The maximum absolute atomic E-state index is 5.79. The molecule has 1 aromatic rings. The molecular weight excluding hydrogens is 212 g/mol. The van der Waals surface area contributed by atoms with E-state index < -0.39 is 0 Å². The van der Waals surface area contributed by atoms with Crippen LogP contribution in [0, 0.1) is 0 Å². The van der Waals surface area contributed by atoms with Gasteiger partial charge >= 0.3 is 0 Å². The van der Waals surface area contributed by atoms with Gasteiger partial charge in [0.05, 0.1) is 12.2 Å². The number of rotatable bonds is 3. The zero-order chi connectivity index (χ0) is 12.9. The lowest BCUT2D eigenvalue weighted by Crippen LogP contribution is -2.45. The van der Waals surface area contributed by atoms with Crippen molar-refractivity contribution in [2.75, 3.05) is 0 Å². The van der Waals surface area contributed by atoms with Gasteiger partial charge in [-0.25, -0.2) is 4.99 Å². The molecule has 0 saturated carbocycles. The highest BCUT2D eigenvalue weighted by Gasteiger charge is 2.09. The first-order valence-electron chi connectivity index (χ1n) is 5.92. The van der Waals surface area contributed by atoms with E-state index in [1.165, 1.54) is 5.56 Å². The van der Waals surface area contributed by atoms with Gasteiger partial charge in [0.1, 0.15) is 0 Å². The van der Waals surface area contributed by atoms with E-state index in [-0.39, 0.29) is 5.54 Å². The third-order valence-corrected chi connectivity index (χ3v) is 2.20. The molecular formula is C13H22N4. The Morgan fingerprint density at radius 2 is 2.18 bits per heavy atom. The van der Waals surface area contributed by atoms with E-state index in [9.17, 15) is 0 Å². The first-order valence-corrected chi connectivity index (χ1v) is 5.92. The summed E-state index contributed by atoms with van der Waals surface area (Å²) in [5.74, 6) is 0.459. The van der Waals surface area contributed by atoms with Crippen molar-refractivity contribution in [3.05, 3.63) is 29.6 Å². The van der Waals surface area contributed by atoms with Crippen LogP contribution >= 0.6 is 0 Å². The summed E-state index contributed by atoms with van der Waals surface area (Å²) in [6.07, 6.45) is 2.83. The monoisotopic (exact) mass is 234 g/mol. The maximum Gasteiger partial charge on any atom is 0.189 e. The molecule has 0 saturated heterocycles. The Morgan fingerprint density at radius 1 is 1.47 bits per heavy atom. The van der Waals surface area contributed by atoms with Gasteiger partial charge in [0.15, 0.2) is 5.96 Å². The van der Waals surface area contributed by atoms with Crippen LogP contribution in [0.2, 0.25) is 0 Å². The standard InChI is InChI=1S/C13H22N4/c1-5-10-6-7-15-11(8-10)9-16-12(14)17-13(2,3)4/h6-8H,5,9H2,1-4H3,(H3,14,16,17). The van der Waals surface area contributed by atoms with Gasteiger partial charge < -0.3 is 11.1 Å². The molecule has 0 atom stereocenters. The molecule has 4 nitrogen and oxygen atoms in total. The number of hydrogen-bond acceptors (Lipinski definition) is 2. The van der Waals surface area contributed by atoms with E-state index in [0.717, 1.165) is 12.1 Å². The number of aryl methyl sites for hydroxylation is 1. The molecule has 0 fully saturated rings. The molecule has 0 aliphatic rings. The van der Waals surface area contributed by atoms with Crippen molar-refractivity contribution in [3.63, 3.8) is 0 Å². The molecule has 4 heteroatoms. The second-order valence-corrected chi connectivity index (χ2v) is 5.09. The highest BCUT2D eigenvalue weighted by atomic mass is 15.1. The van der Waals surface area contributed by atoms with Crippen LogP contribution in [0.3, 0.4) is 0 Å². The predicted octanol–water partition coefficient (Wildman–Crippen LogP) is 1.85. The normalized spacial score (nSPS) is 12.6. The van der Waals surface area contributed by atoms with Crippen LogP contribution in [-0.2, 0) is 13.0 Å². The third-order valence-electron chi connectivity index (χ3n) is 2.20. The minimum absolute atomic E-state index is 0.0632. The summed E-state index contributed by atoms with van der Waals surface area (Å²) in [5.41, 5.74) is 7.94. The summed E-state index contributed by atoms with van der Waals surface area (Å²) < 4.78 is 0. The van der Waals surface area contributed by atoms with Crippen LogP contribution in [0.25, 0.3) is 0 Å². The van der Waals surface area contributed by atoms with Crippen LogP contribution < -0.4 is 11.1 Å². The van der Waals surface area contributed by atoms with Gasteiger partial charge in [0.25, 0.3) is 0 Å². The lowest BCUT2D eigenvalue weighted by Gasteiger charge is -2.20. The van der Waals surface area contributed by atoms with Gasteiger partial charge in [0, 0.05) is 11.7 Å². The van der Waals surface area contributed by atoms with E-state index in [4.69, 9.17) is 5.73 Å². The summed E-state index contributed by atoms with van der Waals surface area (Å²) in [6.45, 7) is 8.78. The number of hydrogen-bond donors (Lipinski definition) is 2. The van der Waals surface area contributed by atoms with Gasteiger partial charge in [0.2, 0.25) is 0 Å². The molecule has 1 aromatic heterocycles. The second kappa shape index (κ2) is 5.66. The summed E-state index contributed by atoms with van der Waals surface area (Å²) in [7, 11) is 0. The summed E-state index contributed by atoms with van der Waals surface area (Å²) in [6, 6.07) is 4.08. The van der Waals surface area contributed by atoms with Crippen molar-refractivity contribution in [3.8, 4) is 0 Å². The molecule has 1 heterocycles. The number of aliphatic imine (C=N–C) groups is 1. The average molecular weight is 234 g/mol. The minimum atomic E-state index is -0.0632. The molecule has 94 valence electrons. The van der Waals surface area contributed by atoms with Crippen LogP contribution in [0.4, 0.5) is 0 Å². The Balaban J connectivity index is 2.62. The number of pyridine rings is 1. The average Bonchev–Trinajstić information content (AvgIpc) is 2.24. The van der Waals surface area contributed by atoms with Crippen LogP contribution in [-0.4, -0.2) is 16.5 Å². The molecule has 0 unspecified atom stereocenters. The van der Waals surface area contributed by atoms with Gasteiger partial charge in [-0.3, -0.25) is 4.98 Å². The van der Waals surface area contributed by atoms with E-state index in [2.05, 4.69) is 28.3 Å². The van der Waals surface area contributed by atoms with Crippen LogP contribution in [0.5, 0.6) is 0 Å². The molecule has 0 spiro atoms. The van der Waals surface area contributed by atoms with Gasteiger partial charge in [-0.15, -0.1) is 0 Å². The number of guanidine groups is 1.